The maximum absolute atomic E-state index is 13.6. The van der Waals surface area contributed by atoms with Crippen molar-refractivity contribution in [3.8, 4) is 0 Å². The van der Waals surface area contributed by atoms with E-state index in [9.17, 15) is 14.4 Å². The Morgan fingerprint density at radius 3 is 2.35 bits per heavy atom. The average molecular weight is 495 g/mol. The Labute approximate surface area is 205 Å². The predicted molar refractivity (Wildman–Crippen MR) is 130 cm³/mol. The summed E-state index contributed by atoms with van der Waals surface area (Å²) in [6.07, 6.45) is 0.825. The number of carbonyl (C=O) groups is 3. The van der Waals surface area contributed by atoms with Gasteiger partial charge in [0.25, 0.3) is 0 Å². The van der Waals surface area contributed by atoms with Gasteiger partial charge in [-0.3, -0.25) is 9.69 Å². The molecule has 0 aliphatic carbocycles. The number of nitrogens with zero attached hydrogens (tertiary/aromatic N) is 1. The van der Waals surface area contributed by atoms with Crippen LogP contribution in [0.25, 0.3) is 0 Å². The minimum atomic E-state index is -0.635. The third-order valence-corrected chi connectivity index (χ3v) is 8.24. The van der Waals surface area contributed by atoms with Crippen molar-refractivity contribution in [3.05, 3.63) is 94.0 Å². The number of ether oxygens (including phenoxy) is 2. The van der Waals surface area contributed by atoms with Crippen LogP contribution in [-0.4, -0.2) is 52.3 Å². The van der Waals surface area contributed by atoms with Crippen molar-refractivity contribution in [2.45, 2.75) is 17.5 Å². The molecule has 2 aromatic rings. The van der Waals surface area contributed by atoms with E-state index in [0.717, 1.165) is 21.6 Å². The maximum atomic E-state index is 13.6. The van der Waals surface area contributed by atoms with Crippen molar-refractivity contribution in [1.29, 1.82) is 0 Å². The summed E-state index contributed by atoms with van der Waals surface area (Å²) in [5.41, 5.74) is 8.70. The van der Waals surface area contributed by atoms with Gasteiger partial charge in [-0.25, -0.2) is 9.59 Å². The van der Waals surface area contributed by atoms with Gasteiger partial charge in [0, 0.05) is 22.5 Å². The second-order valence-corrected chi connectivity index (χ2v) is 10.2. The Kier molecular flexibility index (Phi) is 6.49. The number of thioether (sulfide) groups is 2. The summed E-state index contributed by atoms with van der Waals surface area (Å²) >= 11 is 2.96. The van der Waals surface area contributed by atoms with E-state index in [1.54, 1.807) is 0 Å². The first-order valence-corrected chi connectivity index (χ1v) is 12.8. The highest BCUT2D eigenvalue weighted by Crippen LogP contribution is 2.42. The number of amides is 1. The average Bonchev–Trinajstić information content (AvgIpc) is 3.30. The molecule has 34 heavy (non-hydrogen) atoms. The minimum absolute atomic E-state index is 0.226. The molecule has 174 valence electrons. The first kappa shape index (κ1) is 22.8. The largest absolute Gasteiger partial charge is 0.457 e. The fourth-order valence-corrected chi connectivity index (χ4v) is 6.39. The number of benzene rings is 2. The molecule has 0 aromatic heterocycles. The Hall–Kier alpha value is -3.01. The van der Waals surface area contributed by atoms with Gasteiger partial charge in [-0.05, 0) is 16.7 Å². The number of cyclic esters (lactones) is 1. The molecule has 3 aliphatic heterocycles. The fraction of sp³-hybridized carbons (Fsp3) is 0.240. The highest BCUT2D eigenvalue weighted by Gasteiger charge is 2.52. The monoisotopic (exact) mass is 494 g/mol. The molecule has 7 nitrogen and oxygen atoms in total. The molecule has 2 atom stereocenters. The Balaban J connectivity index is 1.46. The molecule has 3 aliphatic rings. The highest BCUT2D eigenvalue weighted by molar-refractivity contribution is 8.03. The van der Waals surface area contributed by atoms with Crippen molar-refractivity contribution in [3.63, 3.8) is 0 Å². The number of hydrogen-bond acceptors (Lipinski definition) is 8. The lowest BCUT2D eigenvalue weighted by molar-refractivity contribution is -0.153. The lowest BCUT2D eigenvalue weighted by Crippen LogP contribution is -2.68. The van der Waals surface area contributed by atoms with Crippen LogP contribution in [0.2, 0.25) is 0 Å². The zero-order chi connectivity index (χ0) is 23.7. The number of hydrogen-bond donors (Lipinski definition) is 1. The van der Waals surface area contributed by atoms with E-state index in [-0.39, 0.29) is 29.6 Å². The SMILES string of the molecule is N[C@@H]1C(=O)N2C(C(=O)OC(c3ccccc3)c3ccccc3)=C(CSC3=CC(=O)OC3)CS[C@H]12. The van der Waals surface area contributed by atoms with Crippen LogP contribution in [0, 0.1) is 0 Å². The lowest BCUT2D eigenvalue weighted by Gasteiger charge is -2.48. The van der Waals surface area contributed by atoms with Gasteiger partial charge in [-0.15, -0.1) is 23.5 Å². The molecular weight excluding hydrogens is 472 g/mol. The van der Waals surface area contributed by atoms with Crippen molar-refractivity contribution in [2.75, 3.05) is 18.1 Å². The zero-order valence-corrected chi connectivity index (χ0v) is 19.7. The van der Waals surface area contributed by atoms with E-state index in [4.69, 9.17) is 15.2 Å². The molecule has 2 N–H and O–H groups in total. The van der Waals surface area contributed by atoms with Gasteiger partial charge in [0.2, 0.25) is 5.91 Å². The van der Waals surface area contributed by atoms with E-state index in [2.05, 4.69) is 0 Å². The van der Waals surface area contributed by atoms with Crippen LogP contribution < -0.4 is 5.73 Å². The quantitative estimate of drug-likeness (QED) is 0.463. The summed E-state index contributed by atoms with van der Waals surface area (Å²) < 4.78 is 11.0. The van der Waals surface area contributed by atoms with Gasteiger partial charge in [0.05, 0.1) is 0 Å². The van der Waals surface area contributed by atoms with Gasteiger partial charge < -0.3 is 15.2 Å². The third-order valence-electron chi connectivity index (χ3n) is 5.78. The molecule has 5 rings (SSSR count). The fourth-order valence-electron chi connectivity index (χ4n) is 4.05. The summed E-state index contributed by atoms with van der Waals surface area (Å²) in [6, 6.07) is 18.4. The standard InChI is InChI=1S/C25H22N2O5S2/c26-20-23(29)27-21(17(14-34-24(20)27)13-33-18-11-19(28)31-12-18)25(30)32-22(15-7-3-1-4-8-15)16-9-5-2-6-10-16/h1-11,20,22,24H,12-14,26H2/t20-,24-/m1/s1. The molecule has 0 saturated carbocycles. The van der Waals surface area contributed by atoms with E-state index < -0.39 is 18.1 Å². The molecule has 9 heteroatoms. The Morgan fingerprint density at radius 1 is 1.12 bits per heavy atom. The van der Waals surface area contributed by atoms with E-state index in [0.29, 0.717) is 11.5 Å². The predicted octanol–water partition coefficient (Wildman–Crippen LogP) is 2.99. The van der Waals surface area contributed by atoms with Crippen LogP contribution in [0.4, 0.5) is 0 Å². The van der Waals surface area contributed by atoms with Crippen LogP contribution >= 0.6 is 23.5 Å². The molecular formula is C25H22N2O5S2. The lowest BCUT2D eigenvalue weighted by atomic mass is 10.0. The molecule has 0 radical (unpaired) electrons. The van der Waals surface area contributed by atoms with Crippen LogP contribution in [0.3, 0.4) is 0 Å². The second-order valence-electron chi connectivity index (χ2n) is 8.00. The smallest absolute Gasteiger partial charge is 0.356 e. The van der Waals surface area contributed by atoms with Gasteiger partial charge in [-0.2, -0.15) is 0 Å². The normalized spacial score (nSPS) is 21.7. The van der Waals surface area contributed by atoms with Gasteiger partial charge in [0.1, 0.15) is 23.7 Å². The molecule has 0 bridgehead atoms. The third kappa shape index (κ3) is 4.38. The number of carbonyl (C=O) groups excluding carboxylic acids is 3. The van der Waals surface area contributed by atoms with Crippen LogP contribution in [0.5, 0.6) is 0 Å². The Morgan fingerprint density at radius 2 is 1.76 bits per heavy atom. The summed E-state index contributed by atoms with van der Waals surface area (Å²) in [6.45, 7) is 0.226. The maximum Gasteiger partial charge on any atom is 0.356 e. The first-order valence-electron chi connectivity index (χ1n) is 10.8. The van der Waals surface area contributed by atoms with Crippen LogP contribution in [-0.2, 0) is 23.9 Å². The van der Waals surface area contributed by atoms with E-state index in [1.165, 1.54) is 34.5 Å². The zero-order valence-electron chi connectivity index (χ0n) is 18.1. The number of fused-ring (bicyclic) bond motifs is 1. The van der Waals surface area contributed by atoms with Crippen LogP contribution in [0.15, 0.2) is 82.9 Å². The second kappa shape index (κ2) is 9.69. The summed E-state index contributed by atoms with van der Waals surface area (Å²) in [5.74, 6) is -0.241. The number of esters is 2. The van der Waals surface area contributed by atoms with Crippen molar-refractivity contribution in [1.82, 2.24) is 4.90 Å². The van der Waals surface area contributed by atoms with Crippen LogP contribution in [0.1, 0.15) is 17.2 Å². The van der Waals surface area contributed by atoms with E-state index >= 15 is 0 Å². The molecule has 1 fully saturated rings. The molecule has 3 heterocycles. The van der Waals surface area contributed by atoms with E-state index in [1.807, 2.05) is 60.7 Å². The van der Waals surface area contributed by atoms with Gasteiger partial charge >= 0.3 is 11.9 Å². The van der Waals surface area contributed by atoms with Crippen molar-refractivity contribution in [2.24, 2.45) is 5.73 Å². The topological polar surface area (TPSA) is 98.9 Å². The molecule has 1 amide bonds. The molecule has 0 spiro atoms. The van der Waals surface area contributed by atoms with Crippen molar-refractivity contribution < 1.29 is 23.9 Å². The number of rotatable bonds is 7. The van der Waals surface area contributed by atoms with Crippen molar-refractivity contribution >= 4 is 41.4 Å². The summed E-state index contributed by atoms with van der Waals surface area (Å²) in [5, 5.41) is -0.286. The molecule has 1 saturated heterocycles. The highest BCUT2D eigenvalue weighted by atomic mass is 32.2. The Bertz CT molecular complexity index is 1140. The van der Waals surface area contributed by atoms with Gasteiger partial charge in [0.15, 0.2) is 6.10 Å². The minimum Gasteiger partial charge on any atom is -0.457 e. The number of nitrogens with two attached hydrogens (primary N) is 1. The van der Waals surface area contributed by atoms with Gasteiger partial charge in [-0.1, -0.05) is 60.7 Å². The molecule has 0 unspecified atom stereocenters. The molecule has 2 aromatic carbocycles. The summed E-state index contributed by atoms with van der Waals surface area (Å²) in [4.78, 5) is 39.9. The summed E-state index contributed by atoms with van der Waals surface area (Å²) in [7, 11) is 0. The first-order chi connectivity index (χ1) is 16.5. The number of β-lactam (4-membered cyclic amide) rings is 1.